The normalized spacial score (nSPS) is 20.8. The van der Waals surface area contributed by atoms with Crippen LogP contribution in [0.15, 0.2) is 15.0 Å². The molecule has 1 saturated carbocycles. The summed E-state index contributed by atoms with van der Waals surface area (Å²) >= 11 is 1.37. The molecule has 0 saturated heterocycles. The van der Waals surface area contributed by atoms with Gasteiger partial charge in [-0.3, -0.25) is 19.1 Å². The van der Waals surface area contributed by atoms with Crippen molar-refractivity contribution in [2.45, 2.75) is 39.2 Å². The average molecular weight is 322 g/mol. The van der Waals surface area contributed by atoms with Crippen molar-refractivity contribution in [3.05, 3.63) is 31.8 Å². The lowest BCUT2D eigenvalue weighted by Gasteiger charge is -2.35. The van der Waals surface area contributed by atoms with Crippen LogP contribution in [0.25, 0.3) is 10.2 Å². The van der Waals surface area contributed by atoms with E-state index in [2.05, 4.69) is 4.98 Å². The molecule has 1 aliphatic rings. The Morgan fingerprint density at radius 1 is 1.45 bits per heavy atom. The molecule has 2 aromatic heterocycles. The van der Waals surface area contributed by atoms with Gasteiger partial charge in [0.2, 0.25) is 0 Å². The molecule has 0 bridgehead atoms. The van der Waals surface area contributed by atoms with Crippen LogP contribution in [0.1, 0.15) is 37.8 Å². The maximum atomic E-state index is 12.6. The van der Waals surface area contributed by atoms with Crippen LogP contribution < -0.4 is 11.2 Å². The van der Waals surface area contributed by atoms with Gasteiger partial charge < -0.3 is 4.74 Å². The summed E-state index contributed by atoms with van der Waals surface area (Å²) in [7, 11) is 0. The number of nitrogens with zero attached hydrogens (tertiary/aromatic N) is 1. The van der Waals surface area contributed by atoms with Crippen LogP contribution in [-0.2, 0) is 9.53 Å². The number of ether oxygens (including phenoxy) is 1. The molecule has 0 radical (unpaired) electrons. The summed E-state index contributed by atoms with van der Waals surface area (Å²) < 4.78 is 6.23. The minimum atomic E-state index is -0.362. The third kappa shape index (κ3) is 2.49. The Bertz CT molecular complexity index is 826. The van der Waals surface area contributed by atoms with E-state index in [0.29, 0.717) is 36.1 Å². The third-order valence-corrected chi connectivity index (χ3v) is 5.20. The number of fused-ring (bicyclic) bond motifs is 1. The van der Waals surface area contributed by atoms with E-state index in [-0.39, 0.29) is 29.2 Å². The monoisotopic (exact) mass is 322 g/mol. The SMILES string of the molecule is CCOC(=O)CC1CC(n2c(=O)[nH]c3scc(C)c3c2=O)C1. The van der Waals surface area contributed by atoms with Crippen LogP contribution in [0.3, 0.4) is 0 Å². The number of aromatic amines is 1. The van der Waals surface area contributed by atoms with Gasteiger partial charge in [0, 0.05) is 12.5 Å². The molecule has 1 fully saturated rings. The van der Waals surface area contributed by atoms with E-state index < -0.39 is 0 Å². The van der Waals surface area contributed by atoms with E-state index in [9.17, 15) is 14.4 Å². The predicted octanol–water partition coefficient (Wildman–Crippen LogP) is 1.96. The smallest absolute Gasteiger partial charge is 0.329 e. The number of aryl methyl sites for hydroxylation is 1. The van der Waals surface area contributed by atoms with Crippen molar-refractivity contribution in [2.75, 3.05) is 6.61 Å². The van der Waals surface area contributed by atoms with Crippen LogP contribution in [0.5, 0.6) is 0 Å². The first-order chi connectivity index (χ1) is 10.5. The Hall–Kier alpha value is -1.89. The fourth-order valence-corrected chi connectivity index (χ4v) is 3.96. The first-order valence-corrected chi connectivity index (χ1v) is 8.27. The van der Waals surface area contributed by atoms with Gasteiger partial charge in [-0.2, -0.15) is 0 Å². The third-order valence-electron chi connectivity index (χ3n) is 4.18. The van der Waals surface area contributed by atoms with Crippen LogP contribution in [0.4, 0.5) is 0 Å². The molecule has 2 heterocycles. The van der Waals surface area contributed by atoms with Crippen molar-refractivity contribution in [3.63, 3.8) is 0 Å². The van der Waals surface area contributed by atoms with Crippen molar-refractivity contribution < 1.29 is 9.53 Å². The molecule has 6 nitrogen and oxygen atoms in total. The maximum Gasteiger partial charge on any atom is 0.329 e. The first kappa shape index (κ1) is 15.0. The molecule has 0 aliphatic heterocycles. The highest BCUT2D eigenvalue weighted by atomic mass is 32.1. The fraction of sp³-hybridized carbons (Fsp3) is 0.533. The standard InChI is InChI=1S/C15H18N2O4S/c1-3-21-11(18)6-9-4-10(5-9)17-14(19)12-8(2)7-22-13(12)16-15(17)20/h7,9-10H,3-6H2,1-2H3,(H,16,20). The highest BCUT2D eigenvalue weighted by Crippen LogP contribution is 2.38. The second-order valence-corrected chi connectivity index (χ2v) is 6.61. The zero-order chi connectivity index (χ0) is 15.9. The van der Waals surface area contributed by atoms with Crippen LogP contribution >= 0.6 is 11.3 Å². The topological polar surface area (TPSA) is 81.2 Å². The lowest BCUT2D eigenvalue weighted by atomic mass is 9.78. The second kappa shape index (κ2) is 5.72. The highest BCUT2D eigenvalue weighted by Gasteiger charge is 2.34. The number of H-pyrrole nitrogens is 1. The molecule has 0 atom stereocenters. The number of esters is 1. The van der Waals surface area contributed by atoms with Gasteiger partial charge in [-0.1, -0.05) is 0 Å². The first-order valence-electron chi connectivity index (χ1n) is 7.39. The highest BCUT2D eigenvalue weighted by molar-refractivity contribution is 7.16. The Balaban J connectivity index is 1.81. The van der Waals surface area contributed by atoms with Gasteiger partial charge in [0.15, 0.2) is 0 Å². The van der Waals surface area contributed by atoms with Crippen molar-refractivity contribution >= 4 is 27.5 Å². The number of carbonyl (C=O) groups excluding carboxylic acids is 1. The molecule has 1 aliphatic carbocycles. The molecule has 0 spiro atoms. The Labute approximate surface area is 130 Å². The van der Waals surface area contributed by atoms with Gasteiger partial charge in [0.05, 0.1) is 12.0 Å². The fourth-order valence-electron chi connectivity index (χ4n) is 3.04. The summed E-state index contributed by atoms with van der Waals surface area (Å²) in [5, 5.41) is 2.47. The van der Waals surface area contributed by atoms with Crippen LogP contribution in [0.2, 0.25) is 0 Å². The number of hydrogen-bond acceptors (Lipinski definition) is 5. The summed E-state index contributed by atoms with van der Waals surface area (Å²) in [6.07, 6.45) is 1.68. The molecule has 7 heteroatoms. The van der Waals surface area contributed by atoms with E-state index in [1.807, 2.05) is 12.3 Å². The summed E-state index contributed by atoms with van der Waals surface area (Å²) in [4.78, 5) is 39.6. The number of carbonyl (C=O) groups is 1. The van der Waals surface area contributed by atoms with E-state index >= 15 is 0 Å². The molecule has 0 aromatic carbocycles. The zero-order valence-electron chi connectivity index (χ0n) is 12.5. The van der Waals surface area contributed by atoms with Crippen LogP contribution in [0, 0.1) is 12.8 Å². The quantitative estimate of drug-likeness (QED) is 0.873. The van der Waals surface area contributed by atoms with Crippen molar-refractivity contribution in [1.29, 1.82) is 0 Å². The lowest BCUT2D eigenvalue weighted by molar-refractivity contribution is -0.145. The summed E-state index contributed by atoms with van der Waals surface area (Å²) in [5.74, 6) is -0.0223. The van der Waals surface area contributed by atoms with Gasteiger partial charge in [-0.15, -0.1) is 11.3 Å². The summed E-state index contributed by atoms with van der Waals surface area (Å²) in [5.41, 5.74) is 0.299. The average Bonchev–Trinajstić information content (AvgIpc) is 2.77. The maximum absolute atomic E-state index is 12.6. The summed E-state index contributed by atoms with van der Waals surface area (Å²) in [6, 6.07) is -0.126. The zero-order valence-corrected chi connectivity index (χ0v) is 13.4. The molecule has 0 unspecified atom stereocenters. The molecular formula is C15H18N2O4S. The van der Waals surface area contributed by atoms with E-state index in [4.69, 9.17) is 4.74 Å². The van der Waals surface area contributed by atoms with Crippen molar-refractivity contribution in [1.82, 2.24) is 9.55 Å². The predicted molar refractivity (Wildman–Crippen MR) is 84.5 cm³/mol. The minimum Gasteiger partial charge on any atom is -0.466 e. The van der Waals surface area contributed by atoms with Gasteiger partial charge in [-0.25, -0.2) is 4.79 Å². The van der Waals surface area contributed by atoms with E-state index in [0.717, 1.165) is 5.56 Å². The Morgan fingerprint density at radius 3 is 2.86 bits per heavy atom. The summed E-state index contributed by atoms with van der Waals surface area (Å²) in [6.45, 7) is 4.02. The number of aromatic nitrogens is 2. The minimum absolute atomic E-state index is 0.126. The molecule has 0 amide bonds. The molecule has 118 valence electrons. The van der Waals surface area contributed by atoms with E-state index in [1.165, 1.54) is 15.9 Å². The van der Waals surface area contributed by atoms with Gasteiger partial charge in [-0.05, 0) is 43.6 Å². The Kier molecular flexibility index (Phi) is 3.90. The largest absolute Gasteiger partial charge is 0.466 e. The second-order valence-electron chi connectivity index (χ2n) is 5.73. The van der Waals surface area contributed by atoms with E-state index in [1.54, 1.807) is 6.92 Å². The molecular weight excluding hydrogens is 304 g/mol. The van der Waals surface area contributed by atoms with Gasteiger partial charge in [0.25, 0.3) is 5.56 Å². The van der Waals surface area contributed by atoms with Crippen LogP contribution in [-0.4, -0.2) is 22.1 Å². The number of thiophene rings is 1. The van der Waals surface area contributed by atoms with Crippen molar-refractivity contribution in [2.24, 2.45) is 5.92 Å². The number of rotatable bonds is 4. The van der Waals surface area contributed by atoms with Gasteiger partial charge >= 0.3 is 11.7 Å². The van der Waals surface area contributed by atoms with Crippen molar-refractivity contribution in [3.8, 4) is 0 Å². The molecule has 1 N–H and O–H groups in total. The molecule has 2 aromatic rings. The number of nitrogens with one attached hydrogen (secondary N) is 1. The van der Waals surface area contributed by atoms with Gasteiger partial charge in [0.1, 0.15) is 4.83 Å². The number of hydrogen-bond donors (Lipinski definition) is 1. The molecule has 22 heavy (non-hydrogen) atoms. The Morgan fingerprint density at radius 2 is 2.18 bits per heavy atom. The lowest BCUT2D eigenvalue weighted by Crippen LogP contribution is -2.43. The molecule has 3 rings (SSSR count).